The Morgan fingerprint density at radius 3 is 2.11 bits per heavy atom. The van der Waals surface area contributed by atoms with E-state index in [1.54, 1.807) is 0 Å². The lowest BCUT2D eigenvalue weighted by Gasteiger charge is -2.30. The summed E-state index contributed by atoms with van der Waals surface area (Å²) in [6.07, 6.45) is 1.96. The van der Waals surface area contributed by atoms with E-state index in [9.17, 15) is 4.79 Å². The van der Waals surface area contributed by atoms with Crippen LogP contribution >= 0.6 is 0 Å². The molecule has 0 saturated carbocycles. The van der Waals surface area contributed by atoms with Gasteiger partial charge in [-0.25, -0.2) is 0 Å². The van der Waals surface area contributed by atoms with Gasteiger partial charge in [-0.15, -0.1) is 0 Å². The maximum Gasteiger partial charge on any atom is 0.251 e. The van der Waals surface area contributed by atoms with Gasteiger partial charge in [-0.3, -0.25) is 4.79 Å². The zero-order valence-electron chi connectivity index (χ0n) is 12.5. The van der Waals surface area contributed by atoms with Gasteiger partial charge in [0.15, 0.2) is 0 Å². The number of benzene rings is 1. The van der Waals surface area contributed by atoms with Crippen LogP contribution in [-0.4, -0.2) is 19.0 Å². The zero-order valence-corrected chi connectivity index (χ0v) is 12.5. The molecule has 3 heteroatoms. The van der Waals surface area contributed by atoms with Gasteiger partial charge < -0.3 is 11.1 Å². The first kappa shape index (κ1) is 15.7. The topological polar surface area (TPSA) is 55.1 Å². The Morgan fingerprint density at radius 2 is 1.68 bits per heavy atom. The van der Waals surface area contributed by atoms with Gasteiger partial charge in [0.1, 0.15) is 0 Å². The van der Waals surface area contributed by atoms with Crippen LogP contribution in [0.15, 0.2) is 18.2 Å². The van der Waals surface area contributed by atoms with Crippen LogP contribution in [-0.2, 0) is 0 Å². The first-order valence-corrected chi connectivity index (χ1v) is 7.03. The molecule has 0 aliphatic heterocycles. The molecule has 0 aliphatic carbocycles. The molecule has 0 fully saturated rings. The van der Waals surface area contributed by atoms with Crippen molar-refractivity contribution in [1.29, 1.82) is 0 Å². The number of carbonyl (C=O) groups is 1. The molecule has 19 heavy (non-hydrogen) atoms. The molecule has 0 radical (unpaired) electrons. The minimum absolute atomic E-state index is 0.00785. The number of hydrogen-bond acceptors (Lipinski definition) is 2. The highest BCUT2D eigenvalue weighted by molar-refractivity contribution is 5.94. The van der Waals surface area contributed by atoms with Crippen molar-refractivity contribution in [2.75, 3.05) is 13.1 Å². The number of hydrogen-bond donors (Lipinski definition) is 2. The van der Waals surface area contributed by atoms with Crippen LogP contribution in [0.1, 0.15) is 48.2 Å². The molecule has 0 bridgehead atoms. The summed E-state index contributed by atoms with van der Waals surface area (Å²) in [5.41, 5.74) is 8.83. The van der Waals surface area contributed by atoms with Crippen molar-refractivity contribution in [3.05, 3.63) is 34.9 Å². The molecule has 1 amide bonds. The van der Waals surface area contributed by atoms with Crippen LogP contribution in [0.25, 0.3) is 0 Å². The van der Waals surface area contributed by atoms with Crippen LogP contribution in [0.2, 0.25) is 0 Å². The first-order chi connectivity index (χ1) is 8.96. The number of amides is 1. The monoisotopic (exact) mass is 262 g/mol. The average Bonchev–Trinajstić information content (AvgIpc) is 2.39. The van der Waals surface area contributed by atoms with Crippen LogP contribution in [0, 0.1) is 19.3 Å². The Kier molecular flexibility index (Phi) is 5.55. The van der Waals surface area contributed by atoms with Crippen molar-refractivity contribution in [1.82, 2.24) is 5.32 Å². The smallest absolute Gasteiger partial charge is 0.251 e. The molecule has 0 aliphatic rings. The molecule has 0 heterocycles. The van der Waals surface area contributed by atoms with Gasteiger partial charge in [0.25, 0.3) is 5.91 Å². The summed E-state index contributed by atoms with van der Waals surface area (Å²) >= 11 is 0. The molecule has 3 nitrogen and oxygen atoms in total. The minimum Gasteiger partial charge on any atom is -0.351 e. The average molecular weight is 262 g/mol. The Balaban J connectivity index is 2.74. The highest BCUT2D eigenvalue weighted by Crippen LogP contribution is 2.23. The van der Waals surface area contributed by atoms with Crippen molar-refractivity contribution in [2.24, 2.45) is 11.1 Å². The second-order valence-electron chi connectivity index (χ2n) is 5.47. The van der Waals surface area contributed by atoms with E-state index in [2.05, 4.69) is 25.2 Å². The van der Waals surface area contributed by atoms with E-state index in [4.69, 9.17) is 5.73 Å². The Labute approximate surface area is 116 Å². The second-order valence-corrected chi connectivity index (χ2v) is 5.47. The van der Waals surface area contributed by atoms with Crippen LogP contribution in [0.5, 0.6) is 0 Å². The van der Waals surface area contributed by atoms with Gasteiger partial charge in [0, 0.05) is 12.1 Å². The molecular weight excluding hydrogens is 236 g/mol. The Morgan fingerprint density at radius 1 is 1.16 bits per heavy atom. The highest BCUT2D eigenvalue weighted by Gasteiger charge is 2.25. The van der Waals surface area contributed by atoms with E-state index in [0.29, 0.717) is 13.1 Å². The normalized spacial score (nSPS) is 11.4. The minimum atomic E-state index is -0.00785. The zero-order chi connectivity index (χ0) is 14.5. The Bertz CT molecular complexity index is 408. The third kappa shape index (κ3) is 4.06. The number of nitrogens with two attached hydrogens (primary N) is 1. The van der Waals surface area contributed by atoms with Crippen LogP contribution < -0.4 is 11.1 Å². The third-order valence-electron chi connectivity index (χ3n) is 4.04. The summed E-state index contributed by atoms with van der Waals surface area (Å²) in [6, 6.07) is 5.91. The number of nitrogens with one attached hydrogen (secondary N) is 1. The third-order valence-corrected chi connectivity index (χ3v) is 4.04. The molecule has 0 spiro atoms. The number of carbonyl (C=O) groups excluding carboxylic acids is 1. The summed E-state index contributed by atoms with van der Waals surface area (Å²) in [6.45, 7) is 9.51. The predicted molar refractivity (Wildman–Crippen MR) is 80.3 cm³/mol. The van der Waals surface area contributed by atoms with Crippen molar-refractivity contribution >= 4 is 5.91 Å². The molecule has 0 atom stereocenters. The molecule has 1 aromatic rings. The van der Waals surface area contributed by atoms with Crippen molar-refractivity contribution < 1.29 is 4.79 Å². The van der Waals surface area contributed by atoms with E-state index in [0.717, 1.165) is 29.5 Å². The SMILES string of the molecule is CCC(CC)(CN)CNC(=O)c1cc(C)cc(C)c1. The number of aryl methyl sites for hydroxylation is 2. The Hall–Kier alpha value is -1.35. The van der Waals surface area contributed by atoms with Gasteiger partial charge in [-0.05, 0) is 50.8 Å². The summed E-state index contributed by atoms with van der Waals surface area (Å²) in [4.78, 5) is 12.2. The van der Waals surface area contributed by atoms with Crippen molar-refractivity contribution in [2.45, 2.75) is 40.5 Å². The van der Waals surface area contributed by atoms with E-state index in [1.165, 1.54) is 0 Å². The molecule has 106 valence electrons. The van der Waals surface area contributed by atoms with Gasteiger partial charge in [-0.2, -0.15) is 0 Å². The molecule has 1 aromatic carbocycles. The lowest BCUT2D eigenvalue weighted by atomic mass is 9.82. The standard InChI is InChI=1S/C16H26N2O/c1-5-16(6-2,10-17)11-18-15(19)14-8-12(3)7-13(4)9-14/h7-9H,5-6,10-11,17H2,1-4H3,(H,18,19). The molecule has 3 N–H and O–H groups in total. The van der Waals surface area contributed by atoms with Crippen molar-refractivity contribution in [3.8, 4) is 0 Å². The summed E-state index contributed by atoms with van der Waals surface area (Å²) in [7, 11) is 0. The largest absolute Gasteiger partial charge is 0.351 e. The predicted octanol–water partition coefficient (Wildman–Crippen LogP) is 2.80. The maximum atomic E-state index is 12.2. The molecule has 0 unspecified atom stereocenters. The van der Waals surface area contributed by atoms with Crippen molar-refractivity contribution in [3.63, 3.8) is 0 Å². The van der Waals surface area contributed by atoms with E-state index in [-0.39, 0.29) is 11.3 Å². The maximum absolute atomic E-state index is 12.2. The van der Waals surface area contributed by atoms with Crippen LogP contribution in [0.4, 0.5) is 0 Å². The fraction of sp³-hybridized carbons (Fsp3) is 0.562. The van der Waals surface area contributed by atoms with Gasteiger partial charge >= 0.3 is 0 Å². The van der Waals surface area contributed by atoms with Crippen LogP contribution in [0.3, 0.4) is 0 Å². The summed E-state index contributed by atoms with van der Waals surface area (Å²) < 4.78 is 0. The van der Waals surface area contributed by atoms with E-state index >= 15 is 0 Å². The molecule has 0 aromatic heterocycles. The number of rotatable bonds is 6. The second kappa shape index (κ2) is 6.71. The van der Waals surface area contributed by atoms with E-state index in [1.807, 2.05) is 26.0 Å². The fourth-order valence-electron chi connectivity index (χ4n) is 2.34. The summed E-state index contributed by atoms with van der Waals surface area (Å²) in [5, 5.41) is 3.03. The van der Waals surface area contributed by atoms with E-state index < -0.39 is 0 Å². The lowest BCUT2D eigenvalue weighted by Crippen LogP contribution is -2.41. The van der Waals surface area contributed by atoms with Gasteiger partial charge in [0.2, 0.25) is 0 Å². The highest BCUT2D eigenvalue weighted by atomic mass is 16.1. The molecule has 0 saturated heterocycles. The summed E-state index contributed by atoms with van der Waals surface area (Å²) in [5.74, 6) is -0.00785. The van der Waals surface area contributed by atoms with Gasteiger partial charge in [0.05, 0.1) is 0 Å². The fourth-order valence-corrected chi connectivity index (χ4v) is 2.34. The molecule has 1 rings (SSSR count). The molecular formula is C16H26N2O. The van der Waals surface area contributed by atoms with Gasteiger partial charge in [-0.1, -0.05) is 31.0 Å². The lowest BCUT2D eigenvalue weighted by molar-refractivity contribution is 0.0928. The first-order valence-electron chi connectivity index (χ1n) is 7.03. The quantitative estimate of drug-likeness (QED) is 0.828.